The van der Waals surface area contributed by atoms with Crippen molar-refractivity contribution >= 4 is 46.5 Å². The van der Waals surface area contributed by atoms with Crippen LogP contribution in [0, 0.1) is 19.3 Å². The number of rotatable bonds is 15. The van der Waals surface area contributed by atoms with Crippen LogP contribution in [0.25, 0.3) is 0 Å². The average Bonchev–Trinajstić information content (AvgIpc) is 3.82. The number of anilines is 1. The molecule has 3 aromatic rings. The van der Waals surface area contributed by atoms with Gasteiger partial charge in [-0.1, -0.05) is 18.2 Å². The molecule has 5 N–H and O–H groups in total. The number of alkyl carbamates (subject to hydrolysis) is 1. The molecule has 49 heavy (non-hydrogen) atoms. The van der Waals surface area contributed by atoms with Crippen LogP contribution in [-0.2, 0) is 40.9 Å². The maximum absolute atomic E-state index is 12.9. The molecule has 0 radical (unpaired) electrons. The third-order valence-corrected chi connectivity index (χ3v) is 7.79. The predicted octanol–water partition coefficient (Wildman–Crippen LogP) is 3.60. The molecule has 1 aliphatic carbocycles. The standard InChI is InChI=1S/C34H39N7O7.Co/c1-5-36-31(42)25-12-11-21(2)28(15-25)41(30(38-18-35)29-22(3)27(16-37-29)32(43)40-26-13-14-26)19-46-20-48-33(44)23(4)39-34(45)47-17-24-9-7-6-8-10-24;/h6-12,15-16,18,23,26,35,37H,5,13-14,17,20H2,1-4H3,(H,36,42)(H,39,45)(H,40,43);. The van der Waals surface area contributed by atoms with Gasteiger partial charge in [0.2, 0.25) is 0 Å². The quantitative estimate of drug-likeness (QED) is 0.0683. The van der Waals surface area contributed by atoms with Crippen molar-refractivity contribution in [3.05, 3.63) is 88.2 Å². The van der Waals surface area contributed by atoms with Gasteiger partial charge in [0, 0.05) is 0 Å². The number of benzene rings is 2. The van der Waals surface area contributed by atoms with E-state index >= 15 is 0 Å². The van der Waals surface area contributed by atoms with Crippen molar-refractivity contribution < 1.29 is 48.7 Å². The number of hydrogen-bond acceptors (Lipinski definition) is 8. The number of hydrogen-bond donors (Lipinski definition) is 5. The van der Waals surface area contributed by atoms with Gasteiger partial charge in [0.1, 0.15) is 0 Å². The van der Waals surface area contributed by atoms with Crippen molar-refractivity contribution in [3.8, 4) is 0 Å². The first-order chi connectivity index (χ1) is 23.5. The molecular formula is C34H39CoN7O7. The normalized spacial score (nSPS) is 13.1. The number of H-pyrrole nitrogens is 1. The van der Waals surface area contributed by atoms with Crippen molar-refractivity contribution in [3.63, 3.8) is 0 Å². The second-order valence-corrected chi connectivity index (χ2v) is 11.6. The molecule has 2 aromatic carbocycles. The van der Waals surface area contributed by atoms with Gasteiger partial charge >= 0.3 is 274 Å². The van der Waals surface area contributed by atoms with E-state index in [2.05, 4.69) is 41.2 Å². The Labute approximate surface area is 291 Å². The first-order valence-electron chi connectivity index (χ1n) is 15.6. The SMILES string of the molecule is CCNC(=O)c1ccc(C)c(N([C](=[Co])OCOC(=O)C(C)NC(=O)OCc2ccccc2)C(=NC=N)c2[nH]cc(C(=O)NC3CC3)c2C)c1. The Balaban J connectivity index is 1.54. The minimum atomic E-state index is -1.07. The zero-order valence-electron chi connectivity index (χ0n) is 27.5. The number of aromatic nitrogens is 1. The fourth-order valence-corrected chi connectivity index (χ4v) is 4.91. The number of amidine groups is 1. The van der Waals surface area contributed by atoms with Gasteiger partial charge in [-0.05, 0) is 0 Å². The number of nitrogens with one attached hydrogen (secondary N) is 5. The monoisotopic (exact) mass is 716 g/mol. The summed E-state index contributed by atoms with van der Waals surface area (Å²) in [6, 6.07) is 13.1. The Kier molecular flexibility index (Phi) is 13.0. The second-order valence-electron chi connectivity index (χ2n) is 11.1. The summed E-state index contributed by atoms with van der Waals surface area (Å²) in [6.07, 6.45) is 3.41. The van der Waals surface area contributed by atoms with Gasteiger partial charge in [0.05, 0.1) is 0 Å². The van der Waals surface area contributed by atoms with Gasteiger partial charge in [0.15, 0.2) is 0 Å². The van der Waals surface area contributed by atoms with E-state index in [1.54, 1.807) is 57.3 Å². The van der Waals surface area contributed by atoms with E-state index in [0.29, 0.717) is 40.2 Å². The number of carbonyl (C=O) groups excluding carboxylic acids is 4. The predicted molar refractivity (Wildman–Crippen MR) is 179 cm³/mol. The summed E-state index contributed by atoms with van der Waals surface area (Å²) in [4.78, 5) is 59.5. The molecule has 0 saturated heterocycles. The van der Waals surface area contributed by atoms with Crippen LogP contribution in [0.5, 0.6) is 0 Å². The average molecular weight is 717 g/mol. The van der Waals surface area contributed by atoms with Crippen LogP contribution in [0.1, 0.15) is 69.8 Å². The van der Waals surface area contributed by atoms with E-state index in [0.717, 1.165) is 24.7 Å². The molecule has 1 aromatic heterocycles. The van der Waals surface area contributed by atoms with E-state index in [1.165, 1.54) is 11.8 Å². The summed E-state index contributed by atoms with van der Waals surface area (Å²) >= 11 is 4.66. The maximum atomic E-state index is 12.9. The fraction of sp³-hybridized carbons (Fsp3) is 0.324. The van der Waals surface area contributed by atoms with Gasteiger partial charge in [-0.25, -0.2) is 0 Å². The molecule has 15 heteroatoms. The van der Waals surface area contributed by atoms with Crippen molar-refractivity contribution in [2.45, 2.75) is 59.2 Å². The summed E-state index contributed by atoms with van der Waals surface area (Å²) in [6.45, 7) is 6.59. The summed E-state index contributed by atoms with van der Waals surface area (Å²) in [5.74, 6) is -1.26. The topological polar surface area (TPSA) is 187 Å². The van der Waals surface area contributed by atoms with Crippen LogP contribution < -0.4 is 20.9 Å². The van der Waals surface area contributed by atoms with Crippen LogP contribution in [0.3, 0.4) is 0 Å². The van der Waals surface area contributed by atoms with E-state index in [9.17, 15) is 19.2 Å². The number of aryl methyl sites for hydroxylation is 1. The Hall–Kier alpha value is -5.12. The third-order valence-electron chi connectivity index (χ3n) is 7.41. The zero-order chi connectivity index (χ0) is 35.5. The van der Waals surface area contributed by atoms with E-state index in [1.807, 2.05) is 18.2 Å². The van der Waals surface area contributed by atoms with E-state index in [-0.39, 0.29) is 35.1 Å². The molecule has 4 rings (SSSR count). The van der Waals surface area contributed by atoms with Crippen LogP contribution >= 0.6 is 0 Å². The molecule has 0 spiro atoms. The Morgan fingerprint density at radius 1 is 1.08 bits per heavy atom. The summed E-state index contributed by atoms with van der Waals surface area (Å²) in [5.41, 5.74) is 3.53. The Morgan fingerprint density at radius 3 is 2.49 bits per heavy atom. The van der Waals surface area contributed by atoms with Crippen molar-refractivity contribution in [2.24, 2.45) is 4.99 Å². The molecule has 0 bridgehead atoms. The Bertz CT molecular complexity index is 1740. The number of amides is 3. The van der Waals surface area contributed by atoms with Crippen molar-refractivity contribution in [1.82, 2.24) is 20.9 Å². The van der Waals surface area contributed by atoms with Crippen LogP contribution in [0.15, 0.2) is 59.7 Å². The second kappa shape index (κ2) is 17.3. The number of ether oxygens (including phenoxy) is 3. The number of esters is 1. The molecule has 1 fully saturated rings. The molecular weight excluding hydrogens is 677 g/mol. The zero-order valence-corrected chi connectivity index (χ0v) is 28.6. The van der Waals surface area contributed by atoms with Gasteiger partial charge in [-0.15, -0.1) is 0 Å². The van der Waals surface area contributed by atoms with Gasteiger partial charge in [0.25, 0.3) is 0 Å². The molecule has 0 aliphatic heterocycles. The van der Waals surface area contributed by atoms with Gasteiger partial charge < -0.3 is 0 Å². The summed E-state index contributed by atoms with van der Waals surface area (Å²) < 4.78 is 16.0. The molecule has 1 aliphatic rings. The van der Waals surface area contributed by atoms with E-state index < -0.39 is 24.9 Å². The van der Waals surface area contributed by atoms with Crippen LogP contribution in [0.2, 0.25) is 0 Å². The number of aliphatic imine (C=N–C) groups is 1. The summed E-state index contributed by atoms with van der Waals surface area (Å²) in [5, 5.41) is 16.0. The van der Waals surface area contributed by atoms with Gasteiger partial charge in [-0.3, -0.25) is 0 Å². The minimum absolute atomic E-state index is 0.0262. The summed E-state index contributed by atoms with van der Waals surface area (Å²) in [7, 11) is 0. The molecule has 1 saturated carbocycles. The number of aromatic amines is 1. The molecule has 14 nitrogen and oxygen atoms in total. The molecule has 1 atom stereocenters. The fourth-order valence-electron chi connectivity index (χ4n) is 4.61. The first-order valence-corrected chi connectivity index (χ1v) is 16.1. The van der Waals surface area contributed by atoms with E-state index in [4.69, 9.17) is 19.6 Å². The van der Waals surface area contributed by atoms with Crippen molar-refractivity contribution in [2.75, 3.05) is 18.2 Å². The van der Waals surface area contributed by atoms with Gasteiger partial charge in [-0.2, -0.15) is 0 Å². The molecule has 1 unspecified atom stereocenters. The Morgan fingerprint density at radius 2 is 1.82 bits per heavy atom. The first kappa shape index (κ1) is 36.7. The van der Waals surface area contributed by atoms with Crippen molar-refractivity contribution in [1.29, 1.82) is 5.41 Å². The van der Waals surface area contributed by atoms with Crippen LogP contribution in [0.4, 0.5) is 10.5 Å². The molecule has 3 amide bonds. The van der Waals surface area contributed by atoms with Crippen LogP contribution in [-0.4, -0.2) is 71.2 Å². The third kappa shape index (κ3) is 9.94. The number of nitrogens with zero attached hydrogens (tertiary/aromatic N) is 2. The molecule has 1 heterocycles. The molecule has 261 valence electrons. The number of carbonyl (C=O) groups is 4.